The van der Waals surface area contributed by atoms with Gasteiger partial charge in [0.2, 0.25) is 5.91 Å². The number of carbonyl (C=O) groups excluding carboxylic acids is 1. The van der Waals surface area contributed by atoms with Gasteiger partial charge < -0.3 is 10.2 Å². The summed E-state index contributed by atoms with van der Waals surface area (Å²) in [6, 6.07) is 14.4. The highest BCUT2D eigenvalue weighted by molar-refractivity contribution is 5.97. The molecule has 0 bridgehead atoms. The monoisotopic (exact) mass is 456 g/mol. The van der Waals surface area contributed by atoms with Crippen LogP contribution in [0.1, 0.15) is 24.0 Å². The lowest BCUT2D eigenvalue weighted by Crippen LogP contribution is -2.41. The van der Waals surface area contributed by atoms with Gasteiger partial charge in [0.25, 0.3) is 0 Å². The van der Waals surface area contributed by atoms with Crippen molar-refractivity contribution in [3.05, 3.63) is 71.9 Å². The normalized spacial score (nSPS) is 16.7. The molecule has 1 aliphatic carbocycles. The molecule has 4 rings (SSSR count). The molecule has 2 N–H and O–H groups in total. The molecule has 0 spiro atoms. The number of benzene rings is 2. The lowest BCUT2D eigenvalue weighted by atomic mass is 9.88. The number of allylic oxidation sites excluding steroid dienone is 1. The number of aromatic nitrogens is 2. The van der Waals surface area contributed by atoms with Gasteiger partial charge in [-0.2, -0.15) is 18.3 Å². The zero-order valence-corrected chi connectivity index (χ0v) is 18.6. The standard InChI is InChI=1S/C25H27F3N4O/c1-32(2)20(13-17-8-9-22-19(12-17)15-30-31-22)16-29-23(33)14-21(18-6-4-3-5-7-18)24(10-11-24)25(26,27)28/h3-9,12,14-15,20H,10-11,13,16H2,1-2H3,(H,29,33)(H,30,31). The topological polar surface area (TPSA) is 61.0 Å². The SMILES string of the molecule is CN(C)C(CNC(=O)C=C(c1ccccc1)C1(C(F)(F)F)CC1)Cc1ccc2[nH]ncc2c1. The number of hydrogen-bond donors (Lipinski definition) is 2. The number of H-pyrrole nitrogens is 1. The van der Waals surface area contributed by atoms with E-state index in [2.05, 4.69) is 15.5 Å². The molecular formula is C25H27F3N4O. The van der Waals surface area contributed by atoms with E-state index >= 15 is 0 Å². The first kappa shape index (κ1) is 23.0. The maximum Gasteiger partial charge on any atom is 0.398 e. The van der Waals surface area contributed by atoms with Crippen LogP contribution in [0.3, 0.4) is 0 Å². The van der Waals surface area contributed by atoms with E-state index in [9.17, 15) is 18.0 Å². The summed E-state index contributed by atoms with van der Waals surface area (Å²) in [6.45, 7) is 0.312. The Morgan fingerprint density at radius 1 is 1.21 bits per heavy atom. The zero-order valence-electron chi connectivity index (χ0n) is 18.6. The summed E-state index contributed by atoms with van der Waals surface area (Å²) in [4.78, 5) is 14.8. The van der Waals surface area contributed by atoms with Crippen LogP contribution >= 0.6 is 0 Å². The van der Waals surface area contributed by atoms with E-state index in [1.807, 2.05) is 37.2 Å². The van der Waals surface area contributed by atoms with Gasteiger partial charge in [-0.25, -0.2) is 0 Å². The molecule has 3 aromatic rings. The summed E-state index contributed by atoms with van der Waals surface area (Å²) in [6.07, 6.45) is -0.818. The van der Waals surface area contributed by atoms with Crippen molar-refractivity contribution in [2.75, 3.05) is 20.6 Å². The number of nitrogens with zero attached hydrogens (tertiary/aromatic N) is 2. The number of alkyl halides is 3. The molecule has 1 saturated carbocycles. The van der Waals surface area contributed by atoms with Crippen LogP contribution in [0.5, 0.6) is 0 Å². The zero-order chi connectivity index (χ0) is 23.6. The average Bonchev–Trinajstić information content (AvgIpc) is 3.47. The second kappa shape index (κ2) is 9.02. The van der Waals surface area contributed by atoms with Crippen LogP contribution < -0.4 is 5.32 Å². The lowest BCUT2D eigenvalue weighted by molar-refractivity contribution is -0.168. The highest BCUT2D eigenvalue weighted by atomic mass is 19.4. The molecule has 1 atom stereocenters. The fraction of sp³-hybridized carbons (Fsp3) is 0.360. The largest absolute Gasteiger partial charge is 0.398 e. The molecule has 8 heteroatoms. The van der Waals surface area contributed by atoms with E-state index in [0.29, 0.717) is 18.5 Å². The molecule has 0 aliphatic heterocycles. The van der Waals surface area contributed by atoms with Crippen LogP contribution in [0.25, 0.3) is 16.5 Å². The fourth-order valence-corrected chi connectivity index (χ4v) is 4.18. The summed E-state index contributed by atoms with van der Waals surface area (Å²) in [5, 5.41) is 10.8. The Hall–Kier alpha value is -3.13. The van der Waals surface area contributed by atoms with Gasteiger partial charge in [0, 0.05) is 24.0 Å². The third kappa shape index (κ3) is 4.95. The van der Waals surface area contributed by atoms with Crippen LogP contribution in [-0.4, -0.2) is 53.9 Å². The molecule has 174 valence electrons. The highest BCUT2D eigenvalue weighted by Crippen LogP contribution is 2.64. The van der Waals surface area contributed by atoms with E-state index in [1.165, 1.54) is 0 Å². The van der Waals surface area contributed by atoms with E-state index in [1.54, 1.807) is 36.5 Å². The first-order chi connectivity index (χ1) is 15.7. The van der Waals surface area contributed by atoms with Gasteiger partial charge in [-0.3, -0.25) is 9.89 Å². The van der Waals surface area contributed by atoms with E-state index in [4.69, 9.17) is 0 Å². The van der Waals surface area contributed by atoms with Gasteiger partial charge in [0.05, 0.1) is 17.1 Å². The molecule has 1 heterocycles. The molecule has 33 heavy (non-hydrogen) atoms. The Kier molecular flexibility index (Phi) is 6.30. The van der Waals surface area contributed by atoms with Crippen molar-refractivity contribution in [1.82, 2.24) is 20.4 Å². The van der Waals surface area contributed by atoms with Crippen LogP contribution in [-0.2, 0) is 11.2 Å². The smallest absolute Gasteiger partial charge is 0.351 e. The minimum atomic E-state index is -4.40. The van der Waals surface area contributed by atoms with Gasteiger partial charge in [-0.1, -0.05) is 36.4 Å². The van der Waals surface area contributed by atoms with Crippen LogP contribution in [0, 0.1) is 5.41 Å². The summed E-state index contributed by atoms with van der Waals surface area (Å²) < 4.78 is 41.5. The summed E-state index contributed by atoms with van der Waals surface area (Å²) in [5.41, 5.74) is 0.573. The minimum absolute atomic E-state index is 0.00131. The number of carbonyl (C=O) groups is 1. The summed E-state index contributed by atoms with van der Waals surface area (Å²) in [7, 11) is 3.84. The Morgan fingerprint density at radius 2 is 1.94 bits per heavy atom. The number of nitrogens with one attached hydrogen (secondary N) is 2. The minimum Gasteiger partial charge on any atom is -0.351 e. The van der Waals surface area contributed by atoms with Gasteiger partial charge in [0.15, 0.2) is 0 Å². The van der Waals surface area contributed by atoms with Crippen molar-refractivity contribution in [3.8, 4) is 0 Å². The highest BCUT2D eigenvalue weighted by Gasteiger charge is 2.65. The van der Waals surface area contributed by atoms with E-state index in [-0.39, 0.29) is 24.5 Å². The maximum absolute atomic E-state index is 13.8. The molecule has 1 amide bonds. The Labute approximate surface area is 190 Å². The Bertz CT molecular complexity index is 1150. The molecule has 1 unspecified atom stereocenters. The number of likely N-dealkylation sites (N-methyl/N-ethyl adjacent to an activating group) is 1. The number of hydrogen-bond acceptors (Lipinski definition) is 3. The molecule has 0 radical (unpaired) electrons. The third-order valence-corrected chi connectivity index (χ3v) is 6.39. The maximum atomic E-state index is 13.8. The third-order valence-electron chi connectivity index (χ3n) is 6.39. The number of amides is 1. The number of halogens is 3. The van der Waals surface area contributed by atoms with Crippen molar-refractivity contribution in [3.63, 3.8) is 0 Å². The molecular weight excluding hydrogens is 429 g/mol. The second-order valence-electron chi connectivity index (χ2n) is 8.86. The molecule has 2 aromatic carbocycles. The average molecular weight is 457 g/mol. The molecule has 1 aliphatic rings. The van der Waals surface area contributed by atoms with Crippen molar-refractivity contribution < 1.29 is 18.0 Å². The van der Waals surface area contributed by atoms with Crippen LogP contribution in [0.2, 0.25) is 0 Å². The van der Waals surface area contributed by atoms with Gasteiger partial charge >= 0.3 is 6.18 Å². The molecule has 0 saturated heterocycles. The first-order valence-corrected chi connectivity index (χ1v) is 10.9. The first-order valence-electron chi connectivity index (χ1n) is 10.9. The van der Waals surface area contributed by atoms with Gasteiger partial charge in [-0.15, -0.1) is 0 Å². The lowest BCUT2D eigenvalue weighted by Gasteiger charge is -2.25. The quantitative estimate of drug-likeness (QED) is 0.488. The number of rotatable bonds is 8. The van der Waals surface area contributed by atoms with Crippen molar-refractivity contribution in [2.45, 2.75) is 31.5 Å². The molecule has 1 fully saturated rings. The van der Waals surface area contributed by atoms with Crippen molar-refractivity contribution >= 4 is 22.4 Å². The number of fused-ring (bicyclic) bond motifs is 1. The summed E-state index contributed by atoms with van der Waals surface area (Å²) >= 11 is 0. The number of aromatic amines is 1. The molecule has 1 aromatic heterocycles. The van der Waals surface area contributed by atoms with Crippen molar-refractivity contribution in [2.24, 2.45) is 5.41 Å². The van der Waals surface area contributed by atoms with Crippen LogP contribution in [0.15, 0.2) is 60.8 Å². The van der Waals surface area contributed by atoms with E-state index in [0.717, 1.165) is 22.5 Å². The predicted octanol–water partition coefficient (Wildman–Crippen LogP) is 4.58. The molecule has 5 nitrogen and oxygen atoms in total. The van der Waals surface area contributed by atoms with Crippen LogP contribution in [0.4, 0.5) is 13.2 Å². The Balaban J connectivity index is 1.50. The second-order valence-corrected chi connectivity index (χ2v) is 8.86. The van der Waals surface area contributed by atoms with Gasteiger partial charge in [0.1, 0.15) is 0 Å². The fourth-order valence-electron chi connectivity index (χ4n) is 4.18. The summed E-state index contributed by atoms with van der Waals surface area (Å²) in [5.74, 6) is -0.512. The Morgan fingerprint density at radius 3 is 2.58 bits per heavy atom. The van der Waals surface area contributed by atoms with Crippen molar-refractivity contribution in [1.29, 1.82) is 0 Å². The van der Waals surface area contributed by atoms with E-state index < -0.39 is 17.5 Å². The predicted molar refractivity (Wildman–Crippen MR) is 122 cm³/mol. The van der Waals surface area contributed by atoms with Gasteiger partial charge in [-0.05, 0) is 62.2 Å².